The van der Waals surface area contributed by atoms with E-state index in [0.717, 1.165) is 0 Å². The molecule has 1 saturated carbocycles. The summed E-state index contributed by atoms with van der Waals surface area (Å²) in [4.78, 5) is 25.1. The molecule has 0 spiro atoms. The predicted molar refractivity (Wildman–Crippen MR) is 103 cm³/mol. The molecule has 2 fully saturated rings. The summed E-state index contributed by atoms with van der Waals surface area (Å²) in [5.74, 6) is -1.57. The molecule has 1 heterocycles. The molecule has 4 atom stereocenters. The van der Waals surface area contributed by atoms with E-state index in [9.17, 15) is 9.59 Å². The number of fused-ring (bicyclic) bond motifs is 1. The second-order valence-corrected chi connectivity index (χ2v) is 14.0. The maximum atomic E-state index is 12.6. The Morgan fingerprint density at radius 2 is 1.81 bits per heavy atom. The molecule has 1 unspecified atom stereocenters. The first-order chi connectivity index (χ1) is 12.2. The second kappa shape index (κ2) is 8.36. The molecule has 0 aromatic carbocycles. The molecule has 0 radical (unpaired) electrons. The average Bonchev–Trinajstić information content (AvgIpc) is 3.32. The third kappa shape index (κ3) is 3.97. The molecule has 0 aromatic heterocycles. The average molecular weight is 383 g/mol. The number of esters is 1. The van der Waals surface area contributed by atoms with Gasteiger partial charge >= 0.3 is 5.97 Å². The van der Waals surface area contributed by atoms with Crippen LogP contribution in [-0.2, 0) is 23.5 Å². The first kappa shape index (κ1) is 21.3. The predicted octanol–water partition coefficient (Wildman–Crippen LogP) is 3.88. The number of ether oxygens (including phenoxy) is 2. The summed E-state index contributed by atoms with van der Waals surface area (Å²) in [5, 5.41) is 0. The van der Waals surface area contributed by atoms with Crippen molar-refractivity contribution in [1.29, 1.82) is 0 Å². The van der Waals surface area contributed by atoms with Crippen molar-refractivity contribution in [2.75, 3.05) is 13.2 Å². The van der Waals surface area contributed by atoms with E-state index >= 15 is 0 Å². The lowest BCUT2D eigenvalue weighted by atomic mass is 9.79. The molecule has 6 heteroatoms. The highest BCUT2D eigenvalue weighted by Gasteiger charge is 2.58. The molecule has 5 nitrogen and oxygen atoms in total. The first-order valence-electron chi connectivity index (χ1n) is 9.77. The number of carbonyl (C=O) groups is 2. The quantitative estimate of drug-likeness (QED) is 0.199. The van der Waals surface area contributed by atoms with Crippen molar-refractivity contribution in [2.45, 2.75) is 76.8 Å². The molecule has 0 aromatic rings. The van der Waals surface area contributed by atoms with E-state index in [-0.39, 0.29) is 24.4 Å². The lowest BCUT2D eigenvalue weighted by Gasteiger charge is -2.43. The summed E-state index contributed by atoms with van der Waals surface area (Å²) >= 11 is 0. The van der Waals surface area contributed by atoms with E-state index < -0.39 is 26.3 Å². The van der Waals surface area contributed by atoms with Crippen molar-refractivity contribution in [1.82, 2.24) is 0 Å². The van der Waals surface area contributed by atoms with E-state index in [4.69, 9.17) is 13.9 Å². The van der Waals surface area contributed by atoms with Crippen LogP contribution in [0.2, 0.25) is 16.6 Å². The maximum absolute atomic E-state index is 12.6. The molecule has 0 N–H and O–H groups in total. The van der Waals surface area contributed by atoms with Crippen molar-refractivity contribution >= 4 is 20.1 Å². The minimum atomic E-state index is -2.05. The van der Waals surface area contributed by atoms with E-state index in [2.05, 4.69) is 48.1 Å². The number of ketones is 1. The summed E-state index contributed by atoms with van der Waals surface area (Å²) in [6.07, 6.45) is 1.73. The lowest BCUT2D eigenvalue weighted by Crippen LogP contribution is -2.50. The molecule has 1 aliphatic heterocycles. The van der Waals surface area contributed by atoms with E-state index in [1.54, 1.807) is 0 Å². The number of carbonyl (C=O) groups excluding carboxylic acids is 2. The van der Waals surface area contributed by atoms with Gasteiger partial charge in [0.05, 0.1) is 6.10 Å². The van der Waals surface area contributed by atoms with Crippen molar-refractivity contribution in [3.05, 3.63) is 12.7 Å². The molecular weight excluding hydrogens is 348 g/mol. The van der Waals surface area contributed by atoms with Gasteiger partial charge < -0.3 is 13.9 Å². The van der Waals surface area contributed by atoms with Crippen LogP contribution in [0.4, 0.5) is 0 Å². The summed E-state index contributed by atoms with van der Waals surface area (Å²) in [6, 6.07) is 0. The van der Waals surface area contributed by atoms with Crippen molar-refractivity contribution in [2.24, 2.45) is 11.8 Å². The number of epoxide rings is 1. The summed E-state index contributed by atoms with van der Waals surface area (Å²) in [6.45, 7) is 17.5. The fourth-order valence-corrected chi connectivity index (χ4v) is 10.4. The molecular formula is C20H34O5Si. The van der Waals surface area contributed by atoms with Crippen LogP contribution in [0, 0.1) is 11.8 Å². The van der Waals surface area contributed by atoms with Gasteiger partial charge in [0.15, 0.2) is 14.1 Å². The Morgan fingerprint density at radius 1 is 1.23 bits per heavy atom. The highest BCUT2D eigenvalue weighted by Crippen LogP contribution is 2.45. The van der Waals surface area contributed by atoms with Crippen molar-refractivity contribution in [3.8, 4) is 0 Å². The normalized spacial score (nSPS) is 28.4. The van der Waals surface area contributed by atoms with Gasteiger partial charge in [0.25, 0.3) is 0 Å². The Kier molecular flexibility index (Phi) is 6.85. The van der Waals surface area contributed by atoms with Gasteiger partial charge in [-0.2, -0.15) is 0 Å². The maximum Gasteiger partial charge on any atom is 0.317 e. The standard InChI is InChI=1S/C20H34O5Si/c1-8-9-23-20(22)17-15(10-16-19(25-16)18(17)21)11-24-26(12(2)3,13(4)5)14(6)7/h8,12-17,19H,1,9-11H2,2-7H3/t15-,16+,17?,19+/m0/s1. The van der Waals surface area contributed by atoms with Gasteiger partial charge in [-0.1, -0.05) is 54.2 Å². The zero-order valence-electron chi connectivity index (χ0n) is 17.0. The molecule has 2 rings (SSSR count). The Balaban J connectivity index is 2.17. The first-order valence-corrected chi connectivity index (χ1v) is 11.9. The largest absolute Gasteiger partial charge is 0.461 e. The van der Waals surface area contributed by atoms with E-state index in [1.165, 1.54) is 6.08 Å². The SMILES string of the molecule is C=CCOC(=O)C1C(=O)[C@@H]2O[C@@H]2C[C@H]1CO[Si](C(C)C)(C(C)C)C(C)C. The fraction of sp³-hybridized carbons (Fsp3) is 0.800. The van der Waals surface area contributed by atoms with Gasteiger partial charge in [-0.15, -0.1) is 0 Å². The lowest BCUT2D eigenvalue weighted by molar-refractivity contribution is -0.155. The fourth-order valence-electron chi connectivity index (χ4n) is 4.87. The summed E-state index contributed by atoms with van der Waals surface area (Å²) in [7, 11) is -2.05. The van der Waals surface area contributed by atoms with Gasteiger partial charge in [0.1, 0.15) is 18.6 Å². The summed E-state index contributed by atoms with van der Waals surface area (Å²) in [5.41, 5.74) is 1.37. The van der Waals surface area contributed by atoms with Crippen LogP contribution in [-0.4, -0.2) is 45.5 Å². The van der Waals surface area contributed by atoms with Crippen LogP contribution >= 0.6 is 0 Å². The Labute approximate surface area is 158 Å². The van der Waals surface area contributed by atoms with Gasteiger partial charge in [0, 0.05) is 12.5 Å². The highest BCUT2D eigenvalue weighted by molar-refractivity contribution is 6.77. The number of hydrogen-bond acceptors (Lipinski definition) is 5. The molecule has 1 aliphatic carbocycles. The topological polar surface area (TPSA) is 65.1 Å². The number of Topliss-reactive ketones (excluding diaryl/α,β-unsaturated/α-hetero) is 1. The van der Waals surface area contributed by atoms with E-state index in [1.807, 2.05) is 0 Å². The van der Waals surface area contributed by atoms with Crippen molar-refractivity contribution < 1.29 is 23.5 Å². The Bertz CT molecular complexity index is 521. The monoisotopic (exact) mass is 382 g/mol. The third-order valence-corrected chi connectivity index (χ3v) is 12.1. The minimum Gasteiger partial charge on any atom is -0.461 e. The zero-order valence-corrected chi connectivity index (χ0v) is 18.0. The van der Waals surface area contributed by atoms with Gasteiger partial charge in [0.2, 0.25) is 0 Å². The molecule has 0 amide bonds. The minimum absolute atomic E-state index is 0.0484. The van der Waals surface area contributed by atoms with E-state index in [0.29, 0.717) is 29.7 Å². The van der Waals surface area contributed by atoms with Crippen LogP contribution in [0.3, 0.4) is 0 Å². The molecule has 2 aliphatic rings. The number of rotatable bonds is 9. The smallest absolute Gasteiger partial charge is 0.317 e. The molecule has 148 valence electrons. The molecule has 1 saturated heterocycles. The van der Waals surface area contributed by atoms with Crippen LogP contribution in [0.1, 0.15) is 48.0 Å². The zero-order chi connectivity index (χ0) is 19.6. The third-order valence-electron chi connectivity index (χ3n) is 6.03. The molecule has 0 bridgehead atoms. The second-order valence-electron chi connectivity index (χ2n) is 8.52. The van der Waals surface area contributed by atoms with Gasteiger partial charge in [-0.3, -0.25) is 9.59 Å². The van der Waals surface area contributed by atoms with Gasteiger partial charge in [-0.25, -0.2) is 0 Å². The Hall–Kier alpha value is -0.983. The van der Waals surface area contributed by atoms with Gasteiger partial charge in [-0.05, 0) is 23.0 Å². The van der Waals surface area contributed by atoms with Crippen LogP contribution in [0.5, 0.6) is 0 Å². The Morgan fingerprint density at radius 3 is 2.31 bits per heavy atom. The van der Waals surface area contributed by atoms with Crippen LogP contribution < -0.4 is 0 Å². The molecule has 26 heavy (non-hydrogen) atoms. The van der Waals surface area contributed by atoms with Crippen LogP contribution in [0.25, 0.3) is 0 Å². The number of hydrogen-bond donors (Lipinski definition) is 0. The van der Waals surface area contributed by atoms with Crippen molar-refractivity contribution in [3.63, 3.8) is 0 Å². The van der Waals surface area contributed by atoms with Crippen LogP contribution in [0.15, 0.2) is 12.7 Å². The highest BCUT2D eigenvalue weighted by atomic mass is 28.4. The summed E-state index contributed by atoms with van der Waals surface area (Å²) < 4.78 is 17.3.